The van der Waals surface area contributed by atoms with E-state index in [0.717, 1.165) is 0 Å². The summed E-state index contributed by atoms with van der Waals surface area (Å²) >= 11 is 6.27. The van der Waals surface area contributed by atoms with Gasteiger partial charge in [0.25, 0.3) is 5.91 Å². The molecular formula is C24H22ClFN2O4. The molecule has 166 valence electrons. The van der Waals surface area contributed by atoms with E-state index < -0.39 is 5.91 Å². The molecule has 0 saturated carbocycles. The largest absolute Gasteiger partial charge is 0.493 e. The number of rotatable bonds is 9. The van der Waals surface area contributed by atoms with E-state index in [4.69, 9.17) is 25.8 Å². The lowest BCUT2D eigenvalue weighted by Gasteiger charge is -2.10. The maximum Gasteiger partial charge on any atom is 0.271 e. The van der Waals surface area contributed by atoms with Gasteiger partial charge in [0.1, 0.15) is 18.2 Å². The van der Waals surface area contributed by atoms with Crippen LogP contribution in [0.4, 0.5) is 4.39 Å². The van der Waals surface area contributed by atoms with Gasteiger partial charge in [0, 0.05) is 5.56 Å². The molecule has 0 saturated heterocycles. The summed E-state index contributed by atoms with van der Waals surface area (Å²) in [6.07, 6.45) is 1.47. The molecule has 0 aliphatic carbocycles. The molecule has 1 amide bonds. The Bertz CT molecular complexity index is 1120. The Morgan fingerprint density at radius 3 is 2.59 bits per heavy atom. The highest BCUT2D eigenvalue weighted by molar-refractivity contribution is 6.32. The van der Waals surface area contributed by atoms with Crippen LogP contribution in [-0.2, 0) is 6.61 Å². The first-order valence-corrected chi connectivity index (χ1v) is 10.2. The van der Waals surface area contributed by atoms with Gasteiger partial charge in [0.2, 0.25) is 0 Å². The molecule has 3 rings (SSSR count). The lowest BCUT2D eigenvalue weighted by atomic mass is 10.2. The number of nitrogens with zero attached hydrogens (tertiary/aromatic N) is 1. The second kappa shape index (κ2) is 11.2. The number of hydrazone groups is 1. The molecule has 0 radical (unpaired) electrons. The van der Waals surface area contributed by atoms with Gasteiger partial charge in [-0.1, -0.05) is 23.7 Å². The topological polar surface area (TPSA) is 69.2 Å². The van der Waals surface area contributed by atoms with E-state index in [1.54, 1.807) is 48.5 Å². The van der Waals surface area contributed by atoms with Crippen molar-refractivity contribution in [2.24, 2.45) is 5.10 Å². The van der Waals surface area contributed by atoms with Gasteiger partial charge in [-0.3, -0.25) is 4.79 Å². The number of carbonyl (C=O) groups is 1. The normalized spacial score (nSPS) is 10.8. The lowest BCUT2D eigenvalue weighted by Crippen LogP contribution is -2.17. The monoisotopic (exact) mass is 456 g/mol. The first-order valence-electron chi connectivity index (χ1n) is 9.81. The third kappa shape index (κ3) is 6.21. The van der Waals surface area contributed by atoms with Crippen molar-refractivity contribution in [1.82, 2.24) is 5.43 Å². The number of benzene rings is 3. The molecule has 1 N–H and O–H groups in total. The van der Waals surface area contributed by atoms with Crippen molar-refractivity contribution in [3.05, 3.63) is 88.2 Å². The van der Waals surface area contributed by atoms with Gasteiger partial charge in [-0.05, 0) is 66.6 Å². The fourth-order valence-electron chi connectivity index (χ4n) is 2.82. The average Bonchev–Trinajstić information content (AvgIpc) is 2.78. The average molecular weight is 457 g/mol. The predicted octanol–water partition coefficient (Wildman–Crippen LogP) is 5.23. The Hall–Kier alpha value is -3.58. The number of carbonyl (C=O) groups excluding carboxylic acids is 1. The van der Waals surface area contributed by atoms with Gasteiger partial charge in [-0.2, -0.15) is 5.10 Å². The Morgan fingerprint density at radius 1 is 1.06 bits per heavy atom. The molecule has 8 heteroatoms. The minimum atomic E-state index is -0.397. The highest BCUT2D eigenvalue weighted by atomic mass is 35.5. The van der Waals surface area contributed by atoms with E-state index in [2.05, 4.69) is 10.5 Å². The first kappa shape index (κ1) is 23.1. The van der Waals surface area contributed by atoms with Gasteiger partial charge in [0.05, 0.1) is 25.0 Å². The summed E-state index contributed by atoms with van der Waals surface area (Å²) < 4.78 is 29.6. The quantitative estimate of drug-likeness (QED) is 0.353. The van der Waals surface area contributed by atoms with E-state index in [1.807, 2.05) is 6.92 Å². The van der Waals surface area contributed by atoms with Crippen molar-refractivity contribution in [1.29, 1.82) is 0 Å². The number of hydrogen-bond acceptors (Lipinski definition) is 5. The van der Waals surface area contributed by atoms with Crippen molar-refractivity contribution in [2.45, 2.75) is 13.5 Å². The Morgan fingerprint density at radius 2 is 1.88 bits per heavy atom. The number of methoxy groups -OCH3 is 1. The van der Waals surface area contributed by atoms with Crippen molar-refractivity contribution >= 4 is 23.7 Å². The zero-order valence-electron chi connectivity index (χ0n) is 17.6. The Labute approximate surface area is 190 Å². The van der Waals surface area contributed by atoms with E-state index in [-0.39, 0.29) is 12.4 Å². The highest BCUT2D eigenvalue weighted by Crippen LogP contribution is 2.28. The summed E-state index contributed by atoms with van der Waals surface area (Å²) in [5.74, 6) is 0.757. The van der Waals surface area contributed by atoms with Gasteiger partial charge in [-0.15, -0.1) is 0 Å². The molecule has 3 aromatic carbocycles. The number of amides is 1. The van der Waals surface area contributed by atoms with E-state index >= 15 is 0 Å². The molecule has 0 unspecified atom stereocenters. The summed E-state index contributed by atoms with van der Waals surface area (Å²) in [6.45, 7) is 2.48. The third-order valence-electron chi connectivity index (χ3n) is 4.34. The Kier molecular flexibility index (Phi) is 8.05. The van der Waals surface area contributed by atoms with Gasteiger partial charge >= 0.3 is 0 Å². The van der Waals surface area contributed by atoms with E-state index in [0.29, 0.717) is 45.6 Å². The van der Waals surface area contributed by atoms with Crippen LogP contribution >= 0.6 is 11.6 Å². The number of ether oxygens (including phenoxy) is 3. The zero-order valence-corrected chi connectivity index (χ0v) is 18.4. The van der Waals surface area contributed by atoms with Crippen molar-refractivity contribution in [3.8, 4) is 17.2 Å². The standard InChI is InChI=1S/C24H22ClFN2O4/c1-3-31-23-13-18(8-10-22(23)30-2)24(29)28-27-14-16-7-9-21(20(25)12-16)32-15-17-5-4-6-19(26)11-17/h4-14H,3,15H2,1-2H3,(H,28,29)/b27-14+. The predicted molar refractivity (Wildman–Crippen MR) is 121 cm³/mol. The fraction of sp³-hybridized carbons (Fsp3) is 0.167. The smallest absolute Gasteiger partial charge is 0.271 e. The Balaban J connectivity index is 1.60. The molecule has 0 fully saturated rings. The SMILES string of the molecule is CCOc1cc(C(=O)N/N=C/c2ccc(OCc3cccc(F)c3)c(Cl)c2)ccc1OC. The minimum Gasteiger partial charge on any atom is -0.493 e. The fourth-order valence-corrected chi connectivity index (χ4v) is 3.06. The third-order valence-corrected chi connectivity index (χ3v) is 4.64. The zero-order chi connectivity index (χ0) is 22.9. The van der Waals surface area contributed by atoms with Crippen LogP contribution in [0.25, 0.3) is 0 Å². The summed E-state index contributed by atoms with van der Waals surface area (Å²) in [5, 5.41) is 4.34. The van der Waals surface area contributed by atoms with Crippen LogP contribution in [0.2, 0.25) is 5.02 Å². The molecular weight excluding hydrogens is 435 g/mol. The van der Waals surface area contributed by atoms with Crippen molar-refractivity contribution in [3.63, 3.8) is 0 Å². The summed E-state index contributed by atoms with van der Waals surface area (Å²) in [5.41, 5.74) is 4.20. The molecule has 0 heterocycles. The molecule has 0 atom stereocenters. The minimum absolute atomic E-state index is 0.187. The molecule has 0 bridgehead atoms. The second-order valence-electron chi connectivity index (χ2n) is 6.61. The first-order chi connectivity index (χ1) is 15.5. The molecule has 32 heavy (non-hydrogen) atoms. The van der Waals surface area contributed by atoms with Crippen LogP contribution in [0.3, 0.4) is 0 Å². The molecule has 0 aliphatic heterocycles. The second-order valence-corrected chi connectivity index (χ2v) is 7.01. The van der Waals surface area contributed by atoms with Crippen molar-refractivity contribution < 1.29 is 23.4 Å². The van der Waals surface area contributed by atoms with E-state index in [1.165, 1.54) is 25.5 Å². The molecule has 0 aromatic heterocycles. The van der Waals surface area contributed by atoms with Crippen LogP contribution < -0.4 is 19.6 Å². The maximum absolute atomic E-state index is 13.3. The van der Waals surface area contributed by atoms with Crippen LogP contribution in [0.5, 0.6) is 17.2 Å². The molecule has 0 spiro atoms. The number of halogens is 2. The van der Waals surface area contributed by atoms with Crippen LogP contribution in [0, 0.1) is 5.82 Å². The number of nitrogens with one attached hydrogen (secondary N) is 1. The summed E-state index contributed by atoms with van der Waals surface area (Å²) in [6, 6.07) is 16.1. The number of hydrogen-bond donors (Lipinski definition) is 1. The van der Waals surface area contributed by atoms with Gasteiger partial charge in [0.15, 0.2) is 11.5 Å². The van der Waals surface area contributed by atoms with Gasteiger partial charge < -0.3 is 14.2 Å². The lowest BCUT2D eigenvalue weighted by molar-refractivity contribution is 0.0954. The van der Waals surface area contributed by atoms with Gasteiger partial charge in [-0.25, -0.2) is 9.82 Å². The van der Waals surface area contributed by atoms with Crippen LogP contribution in [0.15, 0.2) is 65.8 Å². The highest BCUT2D eigenvalue weighted by Gasteiger charge is 2.10. The van der Waals surface area contributed by atoms with Crippen LogP contribution in [0.1, 0.15) is 28.4 Å². The molecule has 3 aromatic rings. The maximum atomic E-state index is 13.3. The van der Waals surface area contributed by atoms with E-state index in [9.17, 15) is 9.18 Å². The molecule has 6 nitrogen and oxygen atoms in total. The van der Waals surface area contributed by atoms with Crippen molar-refractivity contribution in [2.75, 3.05) is 13.7 Å². The molecule has 0 aliphatic rings. The summed E-state index contributed by atoms with van der Waals surface area (Å²) in [7, 11) is 1.53. The van der Waals surface area contributed by atoms with Crippen LogP contribution in [-0.4, -0.2) is 25.8 Å². The summed E-state index contributed by atoms with van der Waals surface area (Å²) in [4.78, 5) is 12.4.